The third-order valence-corrected chi connectivity index (χ3v) is 2.78. The lowest BCUT2D eigenvalue weighted by molar-refractivity contribution is -0.141. The molecule has 0 radical (unpaired) electrons. The average molecular weight is 287 g/mol. The van der Waals surface area contributed by atoms with Crippen LogP contribution in [0.2, 0.25) is 0 Å². The van der Waals surface area contributed by atoms with Gasteiger partial charge in [0.15, 0.2) is 0 Å². The van der Waals surface area contributed by atoms with Gasteiger partial charge in [-0.15, -0.1) is 0 Å². The van der Waals surface area contributed by atoms with Gasteiger partial charge in [-0.05, 0) is 30.9 Å². The predicted molar refractivity (Wildman–Crippen MR) is 67.9 cm³/mol. The molecule has 1 aromatic heterocycles. The van der Waals surface area contributed by atoms with Crippen LogP contribution < -0.4 is 5.32 Å². The lowest BCUT2D eigenvalue weighted by Gasteiger charge is -2.12. The monoisotopic (exact) mass is 287 g/mol. The summed E-state index contributed by atoms with van der Waals surface area (Å²) in [6.07, 6.45) is -3.12. The van der Waals surface area contributed by atoms with Crippen LogP contribution in [0.1, 0.15) is 31.0 Å². The zero-order chi connectivity index (χ0) is 15.2. The molecule has 7 heteroatoms. The Hall–Kier alpha value is -1.81. The summed E-state index contributed by atoms with van der Waals surface area (Å²) < 4.78 is 37.6. The first-order valence-corrected chi connectivity index (χ1v) is 6.21. The van der Waals surface area contributed by atoms with Gasteiger partial charge in [-0.25, -0.2) is 4.98 Å². The SMILES string of the molecule is CC(CO)CCCNc1nc(C(F)(F)F)ccc1C#N. The highest BCUT2D eigenvalue weighted by atomic mass is 19.4. The molecule has 0 spiro atoms. The summed E-state index contributed by atoms with van der Waals surface area (Å²) in [4.78, 5) is 3.44. The van der Waals surface area contributed by atoms with E-state index in [0.29, 0.717) is 13.0 Å². The van der Waals surface area contributed by atoms with E-state index in [0.717, 1.165) is 18.6 Å². The van der Waals surface area contributed by atoms with Gasteiger partial charge in [0.1, 0.15) is 17.6 Å². The van der Waals surface area contributed by atoms with E-state index in [1.807, 2.05) is 6.92 Å². The third kappa shape index (κ3) is 4.70. The van der Waals surface area contributed by atoms with E-state index in [-0.39, 0.29) is 23.9 Å². The van der Waals surface area contributed by atoms with Gasteiger partial charge in [-0.3, -0.25) is 0 Å². The molecule has 1 heterocycles. The molecule has 0 aliphatic rings. The Morgan fingerprint density at radius 2 is 2.15 bits per heavy atom. The second-order valence-corrected chi connectivity index (χ2v) is 4.56. The molecular formula is C13H16F3N3O. The fourth-order valence-electron chi connectivity index (χ4n) is 1.59. The predicted octanol–water partition coefficient (Wildman–Crippen LogP) is 2.79. The Morgan fingerprint density at radius 3 is 2.70 bits per heavy atom. The van der Waals surface area contributed by atoms with Crippen LogP contribution in [0.15, 0.2) is 12.1 Å². The van der Waals surface area contributed by atoms with Crippen molar-refractivity contribution in [2.45, 2.75) is 25.9 Å². The largest absolute Gasteiger partial charge is 0.433 e. The van der Waals surface area contributed by atoms with Gasteiger partial charge in [0.05, 0.1) is 5.56 Å². The number of hydrogen-bond donors (Lipinski definition) is 2. The molecule has 1 unspecified atom stereocenters. The second-order valence-electron chi connectivity index (χ2n) is 4.56. The molecule has 1 aromatic rings. The number of nitriles is 1. The van der Waals surface area contributed by atoms with Crippen molar-refractivity contribution in [1.82, 2.24) is 4.98 Å². The molecule has 1 atom stereocenters. The summed E-state index contributed by atoms with van der Waals surface area (Å²) in [7, 11) is 0. The number of nitrogens with zero attached hydrogens (tertiary/aromatic N) is 2. The van der Waals surface area contributed by atoms with E-state index < -0.39 is 11.9 Å². The Morgan fingerprint density at radius 1 is 1.45 bits per heavy atom. The highest BCUT2D eigenvalue weighted by Crippen LogP contribution is 2.29. The molecule has 0 aliphatic heterocycles. The van der Waals surface area contributed by atoms with Gasteiger partial charge in [-0.1, -0.05) is 6.92 Å². The zero-order valence-corrected chi connectivity index (χ0v) is 11.0. The molecule has 110 valence electrons. The van der Waals surface area contributed by atoms with Crippen LogP contribution in [0.3, 0.4) is 0 Å². The zero-order valence-electron chi connectivity index (χ0n) is 11.0. The van der Waals surface area contributed by atoms with Crippen molar-refractivity contribution >= 4 is 5.82 Å². The molecule has 0 aromatic carbocycles. The first-order chi connectivity index (χ1) is 9.38. The fraction of sp³-hybridized carbons (Fsp3) is 0.538. The maximum atomic E-state index is 12.5. The maximum Gasteiger partial charge on any atom is 0.433 e. The van der Waals surface area contributed by atoms with E-state index in [4.69, 9.17) is 10.4 Å². The summed E-state index contributed by atoms with van der Waals surface area (Å²) in [5.74, 6) is 0.0840. The van der Waals surface area contributed by atoms with Crippen LogP contribution in [0, 0.1) is 17.2 Å². The number of nitrogens with one attached hydrogen (secondary N) is 1. The smallest absolute Gasteiger partial charge is 0.396 e. The van der Waals surface area contributed by atoms with Crippen molar-refractivity contribution in [3.63, 3.8) is 0 Å². The molecule has 0 saturated heterocycles. The Balaban J connectivity index is 2.70. The van der Waals surface area contributed by atoms with Crippen molar-refractivity contribution in [3.8, 4) is 6.07 Å². The van der Waals surface area contributed by atoms with E-state index in [1.54, 1.807) is 6.07 Å². The minimum absolute atomic E-state index is 0.0565. The van der Waals surface area contributed by atoms with Crippen molar-refractivity contribution < 1.29 is 18.3 Å². The highest BCUT2D eigenvalue weighted by Gasteiger charge is 2.33. The Kier molecular flexibility index (Phi) is 5.77. The number of aliphatic hydroxyl groups excluding tert-OH is 1. The fourth-order valence-corrected chi connectivity index (χ4v) is 1.59. The molecule has 2 N–H and O–H groups in total. The number of hydrogen-bond acceptors (Lipinski definition) is 4. The number of anilines is 1. The molecule has 1 rings (SSSR count). The summed E-state index contributed by atoms with van der Waals surface area (Å²) in [6, 6.07) is 3.70. The quantitative estimate of drug-likeness (QED) is 0.789. The van der Waals surface area contributed by atoms with Crippen LogP contribution >= 0.6 is 0 Å². The normalized spacial score (nSPS) is 12.8. The standard InChI is InChI=1S/C13H16F3N3O/c1-9(8-20)3-2-6-18-12-10(7-17)4-5-11(19-12)13(14,15)16/h4-5,9,20H,2-3,6,8H2,1H3,(H,18,19). The van der Waals surface area contributed by atoms with Crippen molar-refractivity contribution in [2.75, 3.05) is 18.5 Å². The van der Waals surface area contributed by atoms with Crippen molar-refractivity contribution in [3.05, 3.63) is 23.4 Å². The Bertz CT molecular complexity index is 483. The number of alkyl halides is 3. The maximum absolute atomic E-state index is 12.5. The molecule has 4 nitrogen and oxygen atoms in total. The van der Waals surface area contributed by atoms with E-state index in [2.05, 4.69) is 10.3 Å². The third-order valence-electron chi connectivity index (χ3n) is 2.78. The van der Waals surface area contributed by atoms with Gasteiger partial charge in [0, 0.05) is 13.2 Å². The number of pyridine rings is 1. The molecular weight excluding hydrogens is 271 g/mol. The molecule has 0 amide bonds. The summed E-state index contributed by atoms with van der Waals surface area (Å²) in [6.45, 7) is 2.35. The minimum atomic E-state index is -4.53. The van der Waals surface area contributed by atoms with Crippen LogP contribution in [-0.4, -0.2) is 23.2 Å². The Labute approximate surface area is 115 Å². The lowest BCUT2D eigenvalue weighted by atomic mass is 10.1. The molecule has 0 aliphatic carbocycles. The van der Waals surface area contributed by atoms with Crippen LogP contribution in [-0.2, 0) is 6.18 Å². The van der Waals surface area contributed by atoms with Crippen molar-refractivity contribution in [1.29, 1.82) is 5.26 Å². The van der Waals surface area contributed by atoms with Gasteiger partial charge >= 0.3 is 6.18 Å². The second kappa shape index (κ2) is 7.10. The van der Waals surface area contributed by atoms with Crippen LogP contribution in [0.4, 0.5) is 19.0 Å². The summed E-state index contributed by atoms with van der Waals surface area (Å²) in [5.41, 5.74) is -0.948. The molecule has 0 bridgehead atoms. The number of aromatic nitrogens is 1. The summed E-state index contributed by atoms with van der Waals surface area (Å²) in [5, 5.41) is 20.4. The van der Waals surface area contributed by atoms with Crippen LogP contribution in [0.25, 0.3) is 0 Å². The number of halogens is 3. The number of aliphatic hydroxyl groups is 1. The topological polar surface area (TPSA) is 68.9 Å². The first kappa shape index (κ1) is 16.2. The van der Waals surface area contributed by atoms with Gasteiger partial charge in [0.2, 0.25) is 0 Å². The van der Waals surface area contributed by atoms with Gasteiger partial charge in [-0.2, -0.15) is 18.4 Å². The summed E-state index contributed by atoms with van der Waals surface area (Å²) >= 11 is 0. The van der Waals surface area contributed by atoms with Crippen molar-refractivity contribution in [2.24, 2.45) is 5.92 Å². The molecule has 0 fully saturated rings. The highest BCUT2D eigenvalue weighted by molar-refractivity contribution is 5.52. The molecule has 0 saturated carbocycles. The first-order valence-electron chi connectivity index (χ1n) is 6.21. The van der Waals surface area contributed by atoms with Gasteiger partial charge < -0.3 is 10.4 Å². The van der Waals surface area contributed by atoms with Crippen LogP contribution in [0.5, 0.6) is 0 Å². The van der Waals surface area contributed by atoms with E-state index in [1.165, 1.54) is 0 Å². The minimum Gasteiger partial charge on any atom is -0.396 e. The van der Waals surface area contributed by atoms with E-state index in [9.17, 15) is 13.2 Å². The van der Waals surface area contributed by atoms with Gasteiger partial charge in [0.25, 0.3) is 0 Å². The van der Waals surface area contributed by atoms with E-state index >= 15 is 0 Å². The average Bonchev–Trinajstić information content (AvgIpc) is 2.42. The lowest BCUT2D eigenvalue weighted by Crippen LogP contribution is -2.13. The number of rotatable bonds is 6. The molecule has 20 heavy (non-hydrogen) atoms.